The van der Waals surface area contributed by atoms with E-state index in [1.807, 2.05) is 0 Å². The second-order valence-corrected chi connectivity index (χ2v) is 8.59. The number of aliphatic hydroxyl groups excluding tert-OH is 1. The van der Waals surface area contributed by atoms with Gasteiger partial charge in [-0.15, -0.1) is 0 Å². The summed E-state index contributed by atoms with van der Waals surface area (Å²) < 4.78 is 4.90. The van der Waals surface area contributed by atoms with Crippen LogP contribution < -0.4 is 5.73 Å². The summed E-state index contributed by atoms with van der Waals surface area (Å²) in [5.41, 5.74) is 6.22. The minimum atomic E-state index is -0.531. The van der Waals surface area contributed by atoms with Crippen LogP contribution in [-0.2, 0) is 14.3 Å². The summed E-state index contributed by atoms with van der Waals surface area (Å²) in [7, 11) is 1.36. The van der Waals surface area contributed by atoms with E-state index in [0.29, 0.717) is 25.3 Å². The molecule has 1 saturated heterocycles. The first kappa shape index (κ1) is 20.5. The zero-order valence-corrected chi connectivity index (χ0v) is 16.0. The molecule has 0 spiro atoms. The van der Waals surface area contributed by atoms with Crippen LogP contribution in [0.15, 0.2) is 0 Å². The Morgan fingerprint density at radius 2 is 2.04 bits per heavy atom. The molecule has 0 aromatic carbocycles. The van der Waals surface area contributed by atoms with Crippen molar-refractivity contribution >= 4 is 23.6 Å². The average molecular weight is 373 g/mol. The Balaban J connectivity index is 1.94. The number of nitrogens with zero attached hydrogens (tertiary/aromatic N) is 1. The Morgan fingerprint density at radius 3 is 2.68 bits per heavy atom. The van der Waals surface area contributed by atoms with Crippen LogP contribution in [0.4, 0.5) is 0 Å². The van der Waals surface area contributed by atoms with Crippen LogP contribution in [0.2, 0.25) is 0 Å². The van der Waals surface area contributed by atoms with Gasteiger partial charge in [-0.25, -0.2) is 4.79 Å². The van der Waals surface area contributed by atoms with Crippen LogP contribution in [0, 0.1) is 5.92 Å². The molecule has 3 N–H and O–H groups in total. The van der Waals surface area contributed by atoms with Gasteiger partial charge in [0.2, 0.25) is 5.91 Å². The van der Waals surface area contributed by atoms with Gasteiger partial charge < -0.3 is 20.5 Å². The molecule has 0 bridgehead atoms. The molecule has 7 heteroatoms. The summed E-state index contributed by atoms with van der Waals surface area (Å²) in [6, 6.07) is -1.06. The Kier molecular flexibility index (Phi) is 8.52. The van der Waals surface area contributed by atoms with Crippen molar-refractivity contribution < 1.29 is 19.4 Å². The van der Waals surface area contributed by atoms with Crippen molar-refractivity contribution in [1.82, 2.24) is 4.90 Å². The maximum Gasteiger partial charge on any atom is 0.328 e. The molecule has 2 fully saturated rings. The lowest BCUT2D eigenvalue weighted by atomic mass is 9.84. The highest BCUT2D eigenvalue weighted by molar-refractivity contribution is 7.99. The van der Waals surface area contributed by atoms with E-state index in [2.05, 4.69) is 0 Å². The quantitative estimate of drug-likeness (QED) is 0.496. The van der Waals surface area contributed by atoms with Crippen molar-refractivity contribution in [3.05, 3.63) is 0 Å². The van der Waals surface area contributed by atoms with Gasteiger partial charge in [-0.2, -0.15) is 11.8 Å². The number of aliphatic hydroxyl groups is 1. The largest absolute Gasteiger partial charge is 0.467 e. The third-order valence-electron chi connectivity index (χ3n) is 5.30. The van der Waals surface area contributed by atoms with E-state index in [9.17, 15) is 9.59 Å². The highest BCUT2D eigenvalue weighted by atomic mass is 32.2. The van der Waals surface area contributed by atoms with E-state index < -0.39 is 12.1 Å². The lowest BCUT2D eigenvalue weighted by Crippen LogP contribution is -2.49. The number of methoxy groups -OCH3 is 1. The molecule has 0 unspecified atom stereocenters. The molecule has 1 heterocycles. The van der Waals surface area contributed by atoms with Crippen molar-refractivity contribution in [2.75, 3.05) is 26.0 Å². The maximum atomic E-state index is 12.9. The summed E-state index contributed by atoms with van der Waals surface area (Å²) in [6.45, 7) is 0.697. The molecule has 0 aromatic heterocycles. The minimum absolute atomic E-state index is 0.119. The third kappa shape index (κ3) is 5.86. The summed E-state index contributed by atoms with van der Waals surface area (Å²) >= 11 is 1.71. The molecular weight excluding hydrogens is 340 g/mol. The van der Waals surface area contributed by atoms with E-state index in [1.54, 1.807) is 16.7 Å². The van der Waals surface area contributed by atoms with Gasteiger partial charge in [0.15, 0.2) is 0 Å². The zero-order chi connectivity index (χ0) is 18.2. The fourth-order valence-corrected chi connectivity index (χ4v) is 5.15. The smallest absolute Gasteiger partial charge is 0.328 e. The van der Waals surface area contributed by atoms with Gasteiger partial charge in [0.05, 0.1) is 13.2 Å². The van der Waals surface area contributed by atoms with Gasteiger partial charge in [0, 0.05) is 18.4 Å². The third-order valence-corrected chi connectivity index (χ3v) is 6.64. The van der Waals surface area contributed by atoms with Crippen molar-refractivity contribution in [2.24, 2.45) is 11.7 Å². The Morgan fingerprint density at radius 1 is 1.32 bits per heavy atom. The van der Waals surface area contributed by atoms with Crippen LogP contribution in [0.5, 0.6) is 0 Å². The first-order valence-electron chi connectivity index (χ1n) is 9.43. The van der Waals surface area contributed by atoms with Crippen LogP contribution in [0.1, 0.15) is 51.4 Å². The molecular formula is C18H32N2O4S. The average Bonchev–Trinajstić information content (AvgIpc) is 3.05. The van der Waals surface area contributed by atoms with Crippen LogP contribution in [-0.4, -0.2) is 65.2 Å². The van der Waals surface area contributed by atoms with Gasteiger partial charge in [0.1, 0.15) is 6.04 Å². The molecule has 6 nitrogen and oxygen atoms in total. The molecule has 1 saturated carbocycles. The number of esters is 1. The topological polar surface area (TPSA) is 92.9 Å². The number of amides is 1. The van der Waals surface area contributed by atoms with Gasteiger partial charge in [-0.3, -0.25) is 4.79 Å². The summed E-state index contributed by atoms with van der Waals surface area (Å²) in [6.07, 6.45) is 8.08. The molecule has 0 aromatic rings. The van der Waals surface area contributed by atoms with Gasteiger partial charge in [-0.05, 0) is 30.9 Å². The number of hydrogen-bond donors (Lipinski definition) is 2. The van der Waals surface area contributed by atoms with Gasteiger partial charge >= 0.3 is 5.97 Å². The van der Waals surface area contributed by atoms with E-state index in [0.717, 1.165) is 25.0 Å². The van der Waals surface area contributed by atoms with Crippen molar-refractivity contribution in [3.8, 4) is 0 Å². The molecule has 3 atom stereocenters. The van der Waals surface area contributed by atoms with Crippen molar-refractivity contribution in [2.45, 2.75) is 68.7 Å². The Labute approximate surface area is 154 Å². The summed E-state index contributed by atoms with van der Waals surface area (Å²) in [5.74, 6) is 0.877. The molecule has 1 aliphatic heterocycles. The van der Waals surface area contributed by atoms with Gasteiger partial charge in [-0.1, -0.05) is 32.1 Å². The fraction of sp³-hybridized carbons (Fsp3) is 0.889. The molecule has 2 aliphatic rings. The zero-order valence-electron chi connectivity index (χ0n) is 15.2. The molecule has 144 valence electrons. The first-order valence-corrected chi connectivity index (χ1v) is 10.5. The molecule has 0 radical (unpaired) electrons. The predicted molar refractivity (Wildman–Crippen MR) is 99.3 cm³/mol. The number of nitrogens with two attached hydrogens (primary N) is 1. The Bertz CT molecular complexity index is 443. The standard InChI is InChI=1S/C18H32N2O4S/c1-24-18(23)16-11-14(25-9-5-8-21)12-20(16)17(22)15(19)10-13-6-3-2-4-7-13/h13-16,21H,2-12,19H2,1H3/t14-,15+,16+/m1/s1. The second-order valence-electron chi connectivity index (χ2n) is 7.18. The van der Waals surface area contributed by atoms with Crippen LogP contribution >= 0.6 is 11.8 Å². The van der Waals surface area contributed by atoms with Crippen molar-refractivity contribution in [1.29, 1.82) is 0 Å². The molecule has 25 heavy (non-hydrogen) atoms. The number of ether oxygens (including phenoxy) is 1. The lowest BCUT2D eigenvalue weighted by Gasteiger charge is -2.29. The fourth-order valence-electron chi connectivity index (χ4n) is 3.93. The highest BCUT2D eigenvalue weighted by Gasteiger charge is 2.42. The van der Waals surface area contributed by atoms with E-state index in [1.165, 1.54) is 26.4 Å². The monoisotopic (exact) mass is 372 g/mol. The highest BCUT2D eigenvalue weighted by Crippen LogP contribution is 2.31. The van der Waals surface area contributed by atoms with E-state index in [4.69, 9.17) is 15.6 Å². The van der Waals surface area contributed by atoms with Crippen LogP contribution in [0.25, 0.3) is 0 Å². The van der Waals surface area contributed by atoms with Crippen LogP contribution in [0.3, 0.4) is 0 Å². The second kappa shape index (κ2) is 10.4. The summed E-state index contributed by atoms with van der Waals surface area (Å²) in [4.78, 5) is 26.6. The molecule has 1 amide bonds. The molecule has 2 rings (SSSR count). The Hall–Kier alpha value is -0.790. The number of likely N-dealkylation sites (tertiary alicyclic amines) is 1. The van der Waals surface area contributed by atoms with E-state index >= 15 is 0 Å². The number of hydrogen-bond acceptors (Lipinski definition) is 6. The normalized spacial score (nSPS) is 25.8. The SMILES string of the molecule is COC(=O)[C@@H]1C[C@@H](SCCCO)CN1C(=O)[C@@H](N)CC1CCCCC1. The number of rotatable bonds is 8. The minimum Gasteiger partial charge on any atom is -0.467 e. The van der Waals surface area contributed by atoms with Crippen molar-refractivity contribution in [3.63, 3.8) is 0 Å². The number of carbonyl (C=O) groups is 2. The van der Waals surface area contributed by atoms with E-state index in [-0.39, 0.29) is 23.7 Å². The maximum absolute atomic E-state index is 12.9. The number of thioether (sulfide) groups is 1. The summed E-state index contributed by atoms with van der Waals surface area (Å²) in [5, 5.41) is 9.11. The van der Waals surface area contributed by atoms with Gasteiger partial charge in [0.25, 0.3) is 0 Å². The first-order chi connectivity index (χ1) is 12.1. The predicted octanol–water partition coefficient (Wildman–Crippen LogP) is 1.54. The molecule has 1 aliphatic carbocycles. The lowest BCUT2D eigenvalue weighted by molar-refractivity contribution is -0.151. The number of carbonyl (C=O) groups excluding carboxylic acids is 2.